The molecule has 0 saturated heterocycles. The molecule has 0 aliphatic heterocycles. The van der Waals surface area contributed by atoms with Gasteiger partial charge in [0.15, 0.2) is 0 Å². The number of halogens is 1. The van der Waals surface area contributed by atoms with Crippen molar-refractivity contribution in [3.05, 3.63) is 34.9 Å². The highest BCUT2D eigenvalue weighted by molar-refractivity contribution is 6.30. The van der Waals surface area contributed by atoms with Crippen molar-refractivity contribution < 1.29 is 0 Å². The first kappa shape index (κ1) is 11.1. The van der Waals surface area contributed by atoms with E-state index in [0.717, 1.165) is 11.4 Å². The molecule has 1 unspecified atom stereocenters. The monoisotopic (exact) mass is 207 g/mol. The maximum Gasteiger partial charge on any atom is 0.0578 e. The average Bonchev–Trinajstić information content (AvgIpc) is 2.21. The number of terminal acetylenes is 1. The van der Waals surface area contributed by atoms with Crippen molar-refractivity contribution in [2.45, 2.75) is 19.4 Å². The van der Waals surface area contributed by atoms with E-state index in [2.05, 4.69) is 18.2 Å². The highest BCUT2D eigenvalue weighted by Gasteiger charge is 2.06. The number of nitrogens with one attached hydrogen (secondary N) is 1. The van der Waals surface area contributed by atoms with E-state index in [1.807, 2.05) is 24.3 Å². The van der Waals surface area contributed by atoms with Gasteiger partial charge in [-0.3, -0.25) is 5.32 Å². The molecule has 0 aliphatic rings. The Hall–Kier alpha value is -0.970. The Morgan fingerprint density at radius 3 is 2.57 bits per heavy atom. The fourth-order valence-corrected chi connectivity index (χ4v) is 1.50. The molecule has 0 spiro atoms. The Morgan fingerprint density at radius 2 is 2.07 bits per heavy atom. The fraction of sp³-hybridized carbons (Fsp3) is 0.333. The van der Waals surface area contributed by atoms with Gasteiger partial charge in [-0.2, -0.15) is 0 Å². The van der Waals surface area contributed by atoms with Crippen LogP contribution in [0.5, 0.6) is 0 Å². The van der Waals surface area contributed by atoms with Gasteiger partial charge in [0, 0.05) is 11.1 Å². The van der Waals surface area contributed by atoms with Crippen LogP contribution < -0.4 is 5.32 Å². The van der Waals surface area contributed by atoms with Crippen molar-refractivity contribution in [2.75, 3.05) is 6.54 Å². The fourth-order valence-electron chi connectivity index (χ4n) is 1.38. The largest absolute Gasteiger partial charge is 0.299 e. The van der Waals surface area contributed by atoms with E-state index in [4.69, 9.17) is 18.0 Å². The molecule has 0 amide bonds. The van der Waals surface area contributed by atoms with Crippen LogP contribution in [0.3, 0.4) is 0 Å². The van der Waals surface area contributed by atoms with Crippen molar-refractivity contribution >= 4 is 11.6 Å². The lowest BCUT2D eigenvalue weighted by molar-refractivity contribution is 0.555. The average molecular weight is 208 g/mol. The van der Waals surface area contributed by atoms with Crippen LogP contribution in [-0.4, -0.2) is 6.54 Å². The second-order valence-electron chi connectivity index (χ2n) is 3.10. The molecule has 0 aliphatic carbocycles. The number of rotatable bonds is 4. The second kappa shape index (κ2) is 5.70. The first-order valence-electron chi connectivity index (χ1n) is 4.70. The van der Waals surface area contributed by atoms with E-state index >= 15 is 0 Å². The van der Waals surface area contributed by atoms with E-state index in [0.29, 0.717) is 12.6 Å². The molecule has 1 rings (SSSR count). The molecular weight excluding hydrogens is 194 g/mol. The van der Waals surface area contributed by atoms with Crippen LogP contribution in [0.15, 0.2) is 24.3 Å². The standard InChI is InChI=1S/C12H14ClN/c1-3-9-14-12(4-2)10-5-7-11(13)8-6-10/h1,5-8,12,14H,4,9H2,2H3. The van der Waals surface area contributed by atoms with E-state index in [1.165, 1.54) is 5.56 Å². The Bertz CT molecular complexity index is 310. The molecule has 1 aromatic rings. The van der Waals surface area contributed by atoms with Gasteiger partial charge in [0.1, 0.15) is 0 Å². The van der Waals surface area contributed by atoms with E-state index in [-0.39, 0.29) is 0 Å². The molecule has 0 saturated carbocycles. The van der Waals surface area contributed by atoms with Crippen LogP contribution in [0.25, 0.3) is 0 Å². The first-order valence-corrected chi connectivity index (χ1v) is 5.08. The predicted molar refractivity (Wildman–Crippen MR) is 61.3 cm³/mol. The van der Waals surface area contributed by atoms with Gasteiger partial charge >= 0.3 is 0 Å². The zero-order chi connectivity index (χ0) is 10.4. The summed E-state index contributed by atoms with van der Waals surface area (Å²) >= 11 is 5.81. The van der Waals surface area contributed by atoms with Gasteiger partial charge in [-0.25, -0.2) is 0 Å². The van der Waals surface area contributed by atoms with Crippen molar-refractivity contribution in [2.24, 2.45) is 0 Å². The van der Waals surface area contributed by atoms with Crippen molar-refractivity contribution in [1.82, 2.24) is 5.32 Å². The Kier molecular flexibility index (Phi) is 4.52. The minimum Gasteiger partial charge on any atom is -0.299 e. The molecule has 74 valence electrons. The second-order valence-corrected chi connectivity index (χ2v) is 3.53. The Balaban J connectivity index is 2.69. The Morgan fingerprint density at radius 1 is 1.43 bits per heavy atom. The van der Waals surface area contributed by atoms with Crippen LogP contribution >= 0.6 is 11.6 Å². The molecule has 0 bridgehead atoms. The molecular formula is C12H14ClN. The molecule has 0 aromatic heterocycles. The minimum absolute atomic E-state index is 0.323. The topological polar surface area (TPSA) is 12.0 Å². The summed E-state index contributed by atoms with van der Waals surface area (Å²) in [6.45, 7) is 2.73. The quantitative estimate of drug-likeness (QED) is 0.749. The molecule has 0 fully saturated rings. The SMILES string of the molecule is C#CCNC(CC)c1ccc(Cl)cc1. The van der Waals surface area contributed by atoms with E-state index in [9.17, 15) is 0 Å². The number of benzene rings is 1. The Labute approximate surface area is 90.5 Å². The van der Waals surface area contributed by atoms with Crippen molar-refractivity contribution in [3.63, 3.8) is 0 Å². The summed E-state index contributed by atoms with van der Waals surface area (Å²) in [5, 5.41) is 4.04. The third-order valence-corrected chi connectivity index (χ3v) is 2.38. The number of hydrogen-bond donors (Lipinski definition) is 1. The van der Waals surface area contributed by atoms with Gasteiger partial charge in [0.05, 0.1) is 6.54 Å². The van der Waals surface area contributed by atoms with Gasteiger partial charge in [-0.1, -0.05) is 36.6 Å². The van der Waals surface area contributed by atoms with Gasteiger partial charge < -0.3 is 0 Å². The lowest BCUT2D eigenvalue weighted by Crippen LogP contribution is -2.20. The molecule has 14 heavy (non-hydrogen) atoms. The first-order chi connectivity index (χ1) is 6.77. The van der Waals surface area contributed by atoms with E-state index in [1.54, 1.807) is 0 Å². The molecule has 2 heteroatoms. The molecule has 0 heterocycles. The van der Waals surface area contributed by atoms with Gasteiger partial charge in [-0.15, -0.1) is 6.42 Å². The summed E-state index contributed by atoms with van der Waals surface area (Å²) < 4.78 is 0. The van der Waals surface area contributed by atoms with Gasteiger partial charge in [0.2, 0.25) is 0 Å². The van der Waals surface area contributed by atoms with Crippen LogP contribution in [-0.2, 0) is 0 Å². The summed E-state index contributed by atoms with van der Waals surface area (Å²) in [6.07, 6.45) is 6.22. The third kappa shape index (κ3) is 3.06. The summed E-state index contributed by atoms with van der Waals surface area (Å²) in [5.74, 6) is 2.58. The van der Waals surface area contributed by atoms with Gasteiger partial charge in [-0.05, 0) is 24.1 Å². The molecule has 0 radical (unpaired) electrons. The van der Waals surface area contributed by atoms with Crippen LogP contribution in [0, 0.1) is 12.3 Å². The predicted octanol–water partition coefficient (Wildman–Crippen LogP) is 3.01. The van der Waals surface area contributed by atoms with Crippen LogP contribution in [0.1, 0.15) is 24.9 Å². The van der Waals surface area contributed by atoms with Gasteiger partial charge in [0.25, 0.3) is 0 Å². The molecule has 1 nitrogen and oxygen atoms in total. The van der Waals surface area contributed by atoms with E-state index < -0.39 is 0 Å². The van der Waals surface area contributed by atoms with Crippen molar-refractivity contribution in [3.8, 4) is 12.3 Å². The summed E-state index contributed by atoms with van der Waals surface area (Å²) in [5.41, 5.74) is 1.23. The highest BCUT2D eigenvalue weighted by atomic mass is 35.5. The number of hydrogen-bond acceptors (Lipinski definition) is 1. The smallest absolute Gasteiger partial charge is 0.0578 e. The maximum absolute atomic E-state index is 5.81. The molecule has 1 aromatic carbocycles. The summed E-state index contributed by atoms with van der Waals surface area (Å²) in [4.78, 5) is 0. The normalized spacial score (nSPS) is 12.1. The summed E-state index contributed by atoms with van der Waals surface area (Å²) in [6, 6.07) is 8.18. The highest BCUT2D eigenvalue weighted by Crippen LogP contribution is 2.18. The zero-order valence-corrected chi connectivity index (χ0v) is 9.01. The maximum atomic E-state index is 5.81. The minimum atomic E-state index is 0.323. The zero-order valence-electron chi connectivity index (χ0n) is 8.26. The molecule has 1 atom stereocenters. The lowest BCUT2D eigenvalue weighted by Gasteiger charge is -2.15. The van der Waals surface area contributed by atoms with Crippen molar-refractivity contribution in [1.29, 1.82) is 0 Å². The van der Waals surface area contributed by atoms with Crippen LogP contribution in [0.2, 0.25) is 5.02 Å². The molecule has 1 N–H and O–H groups in total. The lowest BCUT2D eigenvalue weighted by atomic mass is 10.0. The third-order valence-electron chi connectivity index (χ3n) is 2.13. The van der Waals surface area contributed by atoms with Crippen LogP contribution in [0.4, 0.5) is 0 Å². The summed E-state index contributed by atoms with van der Waals surface area (Å²) in [7, 11) is 0.